The van der Waals surface area contributed by atoms with Crippen LogP contribution in [-0.2, 0) is 33.0 Å². The van der Waals surface area contributed by atoms with Crippen LogP contribution in [0.2, 0.25) is 0 Å². The van der Waals surface area contributed by atoms with Gasteiger partial charge in [-0.05, 0) is 18.6 Å². The Morgan fingerprint density at radius 3 is 3.04 bits per heavy atom. The number of hydrogen-bond donors (Lipinski definition) is 1. The molecule has 7 nitrogen and oxygen atoms in total. The zero-order valence-corrected chi connectivity index (χ0v) is 14.7. The second-order valence-corrected chi connectivity index (χ2v) is 6.51. The van der Waals surface area contributed by atoms with Gasteiger partial charge in [0.05, 0.1) is 12.2 Å². The first-order valence-corrected chi connectivity index (χ1v) is 8.82. The lowest BCUT2D eigenvalue weighted by Gasteiger charge is -2.23. The van der Waals surface area contributed by atoms with Gasteiger partial charge in [0.1, 0.15) is 5.82 Å². The Bertz CT molecular complexity index is 850. The van der Waals surface area contributed by atoms with Crippen molar-refractivity contribution in [1.82, 2.24) is 34.8 Å². The van der Waals surface area contributed by atoms with Gasteiger partial charge < -0.3 is 5.32 Å². The molecule has 130 valence electrons. The van der Waals surface area contributed by atoms with Crippen LogP contribution in [0.25, 0.3) is 11.3 Å². The molecule has 1 aliphatic rings. The van der Waals surface area contributed by atoms with E-state index in [0.717, 1.165) is 55.3 Å². The monoisotopic (exact) mass is 337 g/mol. The number of aryl methyl sites for hydroxylation is 3. The fourth-order valence-electron chi connectivity index (χ4n) is 3.34. The summed E-state index contributed by atoms with van der Waals surface area (Å²) in [6.07, 6.45) is 8.68. The molecule has 4 heterocycles. The zero-order chi connectivity index (χ0) is 17.2. The number of aromatic nitrogens is 6. The maximum absolute atomic E-state index is 4.60. The van der Waals surface area contributed by atoms with Crippen molar-refractivity contribution in [3.63, 3.8) is 0 Å². The van der Waals surface area contributed by atoms with E-state index < -0.39 is 0 Å². The van der Waals surface area contributed by atoms with Crippen LogP contribution >= 0.6 is 0 Å². The van der Waals surface area contributed by atoms with Crippen molar-refractivity contribution >= 4 is 0 Å². The average molecular weight is 337 g/mol. The van der Waals surface area contributed by atoms with E-state index in [-0.39, 0.29) is 0 Å². The molecule has 3 aromatic rings. The number of rotatable bonds is 5. The molecule has 25 heavy (non-hydrogen) atoms. The van der Waals surface area contributed by atoms with Crippen molar-refractivity contribution in [2.24, 2.45) is 7.05 Å². The summed E-state index contributed by atoms with van der Waals surface area (Å²) < 4.78 is 3.93. The van der Waals surface area contributed by atoms with Crippen LogP contribution in [0.1, 0.15) is 30.6 Å². The second kappa shape index (κ2) is 6.76. The molecular formula is C18H23N7. The summed E-state index contributed by atoms with van der Waals surface area (Å²) in [5.41, 5.74) is 3.23. The van der Waals surface area contributed by atoms with Gasteiger partial charge in [-0.15, -0.1) is 0 Å². The van der Waals surface area contributed by atoms with Crippen LogP contribution in [0, 0.1) is 0 Å². The third kappa shape index (κ3) is 3.32. The summed E-state index contributed by atoms with van der Waals surface area (Å²) in [5, 5.41) is 12.9. The molecule has 0 radical (unpaired) electrons. The maximum Gasteiger partial charge on any atom is 0.150 e. The van der Waals surface area contributed by atoms with E-state index in [2.05, 4.69) is 43.3 Å². The van der Waals surface area contributed by atoms with Crippen LogP contribution in [0.5, 0.6) is 0 Å². The molecule has 1 N–H and O–H groups in total. The predicted octanol–water partition coefficient (Wildman–Crippen LogP) is 1.74. The molecule has 1 aliphatic heterocycles. The van der Waals surface area contributed by atoms with Gasteiger partial charge in [0.15, 0.2) is 5.82 Å². The summed E-state index contributed by atoms with van der Waals surface area (Å²) in [6.45, 7) is 3.76. The van der Waals surface area contributed by atoms with Gasteiger partial charge in [-0.1, -0.05) is 6.92 Å². The Balaban J connectivity index is 1.46. The summed E-state index contributed by atoms with van der Waals surface area (Å²) in [6, 6.07) is 4.40. The lowest BCUT2D eigenvalue weighted by atomic mass is 10.1. The number of fused-ring (bicyclic) bond motifs is 1. The van der Waals surface area contributed by atoms with Crippen molar-refractivity contribution in [2.75, 3.05) is 0 Å². The van der Waals surface area contributed by atoms with Crippen LogP contribution in [0.15, 0.2) is 30.7 Å². The molecule has 0 aromatic carbocycles. The molecule has 0 saturated carbocycles. The van der Waals surface area contributed by atoms with Crippen LogP contribution in [0.4, 0.5) is 0 Å². The molecule has 0 amide bonds. The van der Waals surface area contributed by atoms with Crippen LogP contribution in [-0.4, -0.2) is 35.6 Å². The van der Waals surface area contributed by atoms with E-state index >= 15 is 0 Å². The molecule has 0 aliphatic carbocycles. The lowest BCUT2D eigenvalue weighted by Crippen LogP contribution is -2.37. The van der Waals surface area contributed by atoms with Gasteiger partial charge in [-0.2, -0.15) is 10.2 Å². The highest BCUT2D eigenvalue weighted by Crippen LogP contribution is 2.21. The quantitative estimate of drug-likeness (QED) is 0.768. The van der Waals surface area contributed by atoms with Gasteiger partial charge in [0.25, 0.3) is 0 Å². The number of hydrogen-bond acceptors (Lipinski definition) is 5. The van der Waals surface area contributed by atoms with Crippen molar-refractivity contribution in [1.29, 1.82) is 0 Å². The van der Waals surface area contributed by atoms with Gasteiger partial charge in [-0.25, -0.2) is 9.67 Å². The minimum atomic E-state index is 0.404. The number of nitrogens with one attached hydrogen (secondary N) is 1. The van der Waals surface area contributed by atoms with Crippen LogP contribution < -0.4 is 5.32 Å². The van der Waals surface area contributed by atoms with E-state index in [9.17, 15) is 0 Å². The largest absolute Gasteiger partial charge is 0.308 e. The summed E-state index contributed by atoms with van der Waals surface area (Å²) in [7, 11) is 1.96. The maximum atomic E-state index is 4.60. The Morgan fingerprint density at radius 2 is 2.24 bits per heavy atom. The first kappa shape index (κ1) is 16.0. The fourth-order valence-corrected chi connectivity index (χ4v) is 3.34. The van der Waals surface area contributed by atoms with Crippen LogP contribution in [0.3, 0.4) is 0 Å². The first-order chi connectivity index (χ1) is 12.2. The predicted molar refractivity (Wildman–Crippen MR) is 94.8 cm³/mol. The molecule has 3 aromatic heterocycles. The highest BCUT2D eigenvalue weighted by atomic mass is 15.4. The third-order valence-corrected chi connectivity index (χ3v) is 4.64. The smallest absolute Gasteiger partial charge is 0.150 e. The van der Waals surface area contributed by atoms with E-state index in [4.69, 9.17) is 0 Å². The molecular weight excluding hydrogens is 314 g/mol. The minimum Gasteiger partial charge on any atom is -0.308 e. The van der Waals surface area contributed by atoms with Gasteiger partial charge in [-0.3, -0.25) is 9.67 Å². The van der Waals surface area contributed by atoms with Gasteiger partial charge >= 0.3 is 0 Å². The Labute approximate surface area is 147 Å². The van der Waals surface area contributed by atoms with E-state index in [1.54, 1.807) is 6.20 Å². The Morgan fingerprint density at radius 1 is 1.32 bits per heavy atom. The Kier molecular flexibility index (Phi) is 4.31. The molecule has 0 unspecified atom stereocenters. The lowest BCUT2D eigenvalue weighted by molar-refractivity contribution is 0.357. The first-order valence-electron chi connectivity index (χ1n) is 8.82. The Hall–Kier alpha value is -2.54. The number of pyridine rings is 1. The van der Waals surface area contributed by atoms with E-state index in [0.29, 0.717) is 6.04 Å². The second-order valence-electron chi connectivity index (χ2n) is 6.51. The molecule has 0 fully saturated rings. The summed E-state index contributed by atoms with van der Waals surface area (Å²) >= 11 is 0. The molecule has 0 saturated heterocycles. The average Bonchev–Trinajstić information content (AvgIpc) is 3.23. The molecule has 7 heteroatoms. The number of nitrogens with zero attached hydrogens (tertiary/aromatic N) is 6. The SMILES string of the molecule is CCc1nc2n(n1)C[C@H](NCc1cn(C)nc1-c1cccnc1)CC2. The summed E-state index contributed by atoms with van der Waals surface area (Å²) in [4.78, 5) is 8.79. The van der Waals surface area contributed by atoms with Crippen molar-refractivity contribution in [3.05, 3.63) is 47.9 Å². The highest BCUT2D eigenvalue weighted by Gasteiger charge is 2.21. The molecule has 1 atom stereocenters. The standard InChI is InChI=1S/C18H23N7/c1-3-16-21-17-7-6-15(12-25(17)22-16)20-10-14-11-24(2)23-18(14)13-5-4-8-19-9-13/h4-5,8-9,11,15,20H,3,6-7,10,12H2,1-2H3/t15-/m1/s1. The van der Waals surface area contributed by atoms with E-state index in [1.165, 1.54) is 5.56 Å². The fraction of sp³-hybridized carbons (Fsp3) is 0.444. The van der Waals surface area contributed by atoms with Crippen molar-refractivity contribution in [3.8, 4) is 11.3 Å². The summed E-state index contributed by atoms with van der Waals surface area (Å²) in [5.74, 6) is 2.06. The zero-order valence-electron chi connectivity index (χ0n) is 14.7. The van der Waals surface area contributed by atoms with E-state index in [1.807, 2.05) is 30.1 Å². The van der Waals surface area contributed by atoms with Gasteiger partial charge in [0, 0.05) is 62.2 Å². The van der Waals surface area contributed by atoms with Gasteiger partial charge in [0.2, 0.25) is 0 Å². The highest BCUT2D eigenvalue weighted by molar-refractivity contribution is 5.61. The molecule has 0 spiro atoms. The normalized spacial score (nSPS) is 16.8. The molecule has 4 rings (SSSR count). The molecule has 0 bridgehead atoms. The van der Waals surface area contributed by atoms with Crippen molar-refractivity contribution < 1.29 is 0 Å². The third-order valence-electron chi connectivity index (χ3n) is 4.64. The topological polar surface area (TPSA) is 73.5 Å². The minimum absolute atomic E-state index is 0.404. The van der Waals surface area contributed by atoms with Crippen molar-refractivity contribution in [2.45, 2.75) is 45.3 Å².